The van der Waals surface area contributed by atoms with E-state index in [9.17, 15) is 9.59 Å². The second kappa shape index (κ2) is 7.05. The SMILES string of the molecule is CCn1ncc(C(=O)N2CC[C@H]3N(c4ccccc4)C(=O)CO[C@]3(C)C2)c1C. The third kappa shape index (κ3) is 2.99. The molecule has 1 aromatic carbocycles. The zero-order valence-corrected chi connectivity index (χ0v) is 16.6. The normalized spacial score (nSPS) is 25.0. The molecule has 0 unspecified atom stereocenters. The van der Waals surface area contributed by atoms with Crippen LogP contribution in [-0.2, 0) is 16.1 Å². The van der Waals surface area contributed by atoms with Crippen LogP contribution in [0.3, 0.4) is 0 Å². The molecule has 0 radical (unpaired) electrons. The van der Waals surface area contributed by atoms with Gasteiger partial charge < -0.3 is 14.5 Å². The Hall–Kier alpha value is -2.67. The number of carbonyl (C=O) groups is 2. The van der Waals surface area contributed by atoms with Crippen LogP contribution >= 0.6 is 0 Å². The summed E-state index contributed by atoms with van der Waals surface area (Å²) in [6.07, 6.45) is 2.32. The molecule has 0 bridgehead atoms. The van der Waals surface area contributed by atoms with Crippen molar-refractivity contribution in [3.8, 4) is 0 Å². The van der Waals surface area contributed by atoms with Gasteiger partial charge in [-0.3, -0.25) is 14.3 Å². The quantitative estimate of drug-likeness (QED) is 0.817. The largest absolute Gasteiger partial charge is 0.361 e. The molecule has 2 fully saturated rings. The van der Waals surface area contributed by atoms with Gasteiger partial charge in [0.25, 0.3) is 11.8 Å². The highest BCUT2D eigenvalue weighted by Gasteiger charge is 2.50. The maximum absolute atomic E-state index is 13.1. The first-order valence-electron chi connectivity index (χ1n) is 9.77. The molecule has 0 aliphatic carbocycles. The Morgan fingerprint density at radius 2 is 2.07 bits per heavy atom. The lowest BCUT2D eigenvalue weighted by molar-refractivity contribution is -0.149. The number of amides is 2. The molecule has 7 heteroatoms. The van der Waals surface area contributed by atoms with Crippen LogP contribution < -0.4 is 4.90 Å². The lowest BCUT2D eigenvalue weighted by Crippen LogP contribution is -2.68. The Kier molecular flexibility index (Phi) is 4.71. The number of hydrogen-bond acceptors (Lipinski definition) is 4. The van der Waals surface area contributed by atoms with Gasteiger partial charge >= 0.3 is 0 Å². The number of morpholine rings is 1. The molecular formula is C21H26N4O3. The van der Waals surface area contributed by atoms with Gasteiger partial charge in [0.1, 0.15) is 12.2 Å². The minimum Gasteiger partial charge on any atom is -0.361 e. The van der Waals surface area contributed by atoms with Crippen LogP contribution in [0, 0.1) is 6.92 Å². The molecular weight excluding hydrogens is 356 g/mol. The van der Waals surface area contributed by atoms with Crippen molar-refractivity contribution in [2.24, 2.45) is 0 Å². The van der Waals surface area contributed by atoms with Gasteiger partial charge in [0, 0.05) is 24.5 Å². The van der Waals surface area contributed by atoms with Crippen molar-refractivity contribution < 1.29 is 14.3 Å². The molecule has 7 nitrogen and oxygen atoms in total. The Morgan fingerprint density at radius 3 is 2.75 bits per heavy atom. The standard InChI is InChI=1S/C21H26N4O3/c1-4-24-15(2)17(12-22-24)20(27)23-11-10-18-21(3,14-23)28-13-19(26)25(18)16-8-6-5-7-9-16/h5-9,12,18H,4,10-11,13-14H2,1-3H3/t18-,21-/m1/s1. The van der Waals surface area contributed by atoms with E-state index in [0.717, 1.165) is 17.9 Å². The molecule has 0 spiro atoms. The third-order valence-corrected chi connectivity index (χ3v) is 5.94. The van der Waals surface area contributed by atoms with Gasteiger partial charge in [-0.05, 0) is 39.3 Å². The fraction of sp³-hybridized carbons (Fsp3) is 0.476. The maximum atomic E-state index is 13.1. The number of hydrogen-bond donors (Lipinski definition) is 0. The molecule has 0 saturated carbocycles. The summed E-state index contributed by atoms with van der Waals surface area (Å²) in [6, 6.07) is 9.60. The first-order valence-corrected chi connectivity index (χ1v) is 9.77. The smallest absolute Gasteiger partial charge is 0.257 e. The summed E-state index contributed by atoms with van der Waals surface area (Å²) >= 11 is 0. The van der Waals surface area contributed by atoms with Crippen LogP contribution in [0.25, 0.3) is 0 Å². The predicted molar refractivity (Wildman–Crippen MR) is 105 cm³/mol. The predicted octanol–water partition coefficient (Wildman–Crippen LogP) is 2.25. The Balaban J connectivity index is 1.58. The third-order valence-electron chi connectivity index (χ3n) is 5.94. The maximum Gasteiger partial charge on any atom is 0.257 e. The molecule has 28 heavy (non-hydrogen) atoms. The number of rotatable bonds is 3. The molecule has 2 aliphatic rings. The minimum absolute atomic E-state index is 0.0244. The summed E-state index contributed by atoms with van der Waals surface area (Å²) in [5.41, 5.74) is 1.79. The molecule has 2 saturated heterocycles. The number of benzene rings is 1. The van der Waals surface area contributed by atoms with Gasteiger partial charge in [-0.15, -0.1) is 0 Å². The average Bonchev–Trinajstić information content (AvgIpc) is 3.08. The van der Waals surface area contributed by atoms with E-state index < -0.39 is 5.60 Å². The van der Waals surface area contributed by atoms with E-state index in [1.807, 2.05) is 65.6 Å². The summed E-state index contributed by atoms with van der Waals surface area (Å²) in [5, 5.41) is 4.30. The van der Waals surface area contributed by atoms with Gasteiger partial charge in [0.15, 0.2) is 0 Å². The number of piperidine rings is 1. The van der Waals surface area contributed by atoms with Gasteiger partial charge in [-0.2, -0.15) is 5.10 Å². The molecule has 4 rings (SSSR count). The van der Waals surface area contributed by atoms with Crippen molar-refractivity contribution in [1.82, 2.24) is 14.7 Å². The lowest BCUT2D eigenvalue weighted by atomic mass is 9.85. The van der Waals surface area contributed by atoms with E-state index in [1.54, 1.807) is 6.20 Å². The van der Waals surface area contributed by atoms with Crippen molar-refractivity contribution >= 4 is 17.5 Å². The van der Waals surface area contributed by atoms with Crippen molar-refractivity contribution in [2.45, 2.75) is 45.4 Å². The Morgan fingerprint density at radius 1 is 1.32 bits per heavy atom. The summed E-state index contributed by atoms with van der Waals surface area (Å²) in [5.74, 6) is -0.0582. The second-order valence-electron chi connectivity index (χ2n) is 7.69. The van der Waals surface area contributed by atoms with Crippen LogP contribution in [0.1, 0.15) is 36.3 Å². The highest BCUT2D eigenvalue weighted by molar-refractivity contribution is 5.97. The van der Waals surface area contributed by atoms with E-state index in [0.29, 0.717) is 25.1 Å². The van der Waals surface area contributed by atoms with Crippen LogP contribution in [0.4, 0.5) is 5.69 Å². The molecule has 2 atom stereocenters. The monoisotopic (exact) mass is 382 g/mol. The van der Waals surface area contributed by atoms with Gasteiger partial charge in [-0.25, -0.2) is 0 Å². The highest BCUT2D eigenvalue weighted by atomic mass is 16.5. The number of aromatic nitrogens is 2. The number of aryl methyl sites for hydroxylation is 1. The van der Waals surface area contributed by atoms with Gasteiger partial charge in [0.2, 0.25) is 0 Å². The molecule has 3 heterocycles. The summed E-state index contributed by atoms with van der Waals surface area (Å²) in [7, 11) is 0. The lowest BCUT2D eigenvalue weighted by Gasteiger charge is -2.52. The van der Waals surface area contributed by atoms with Gasteiger partial charge in [-0.1, -0.05) is 18.2 Å². The first kappa shape index (κ1) is 18.7. The van der Waals surface area contributed by atoms with Crippen LogP contribution in [-0.4, -0.2) is 57.8 Å². The number of nitrogens with zero attached hydrogens (tertiary/aromatic N) is 4. The van der Waals surface area contributed by atoms with E-state index in [4.69, 9.17) is 4.74 Å². The van der Waals surface area contributed by atoms with E-state index >= 15 is 0 Å². The van der Waals surface area contributed by atoms with E-state index in [1.165, 1.54) is 0 Å². The van der Waals surface area contributed by atoms with Gasteiger partial charge in [0.05, 0.1) is 24.3 Å². The second-order valence-corrected chi connectivity index (χ2v) is 7.69. The number of fused-ring (bicyclic) bond motifs is 1. The topological polar surface area (TPSA) is 67.7 Å². The number of anilines is 1. The molecule has 2 aliphatic heterocycles. The average molecular weight is 382 g/mol. The number of ether oxygens (including phenoxy) is 1. The zero-order chi connectivity index (χ0) is 19.9. The molecule has 2 amide bonds. The molecule has 0 N–H and O–H groups in total. The Bertz CT molecular complexity index is 894. The van der Waals surface area contributed by atoms with Crippen molar-refractivity contribution in [2.75, 3.05) is 24.6 Å². The van der Waals surface area contributed by atoms with E-state index in [2.05, 4.69) is 5.10 Å². The number of para-hydroxylation sites is 1. The van der Waals surface area contributed by atoms with Crippen molar-refractivity contribution in [3.05, 3.63) is 47.8 Å². The fourth-order valence-corrected chi connectivity index (χ4v) is 4.39. The molecule has 148 valence electrons. The summed E-state index contributed by atoms with van der Waals surface area (Å²) < 4.78 is 7.83. The van der Waals surface area contributed by atoms with Crippen molar-refractivity contribution in [3.63, 3.8) is 0 Å². The van der Waals surface area contributed by atoms with Crippen molar-refractivity contribution in [1.29, 1.82) is 0 Å². The first-order chi connectivity index (χ1) is 13.4. The number of carbonyl (C=O) groups excluding carboxylic acids is 2. The van der Waals surface area contributed by atoms with E-state index in [-0.39, 0.29) is 24.5 Å². The highest BCUT2D eigenvalue weighted by Crippen LogP contribution is 2.36. The Labute approximate surface area is 164 Å². The number of likely N-dealkylation sites (tertiary alicyclic amines) is 1. The molecule has 1 aromatic heterocycles. The summed E-state index contributed by atoms with van der Waals surface area (Å²) in [6.45, 7) is 7.71. The van der Waals surface area contributed by atoms with Crippen LogP contribution in [0.2, 0.25) is 0 Å². The van der Waals surface area contributed by atoms with Crippen LogP contribution in [0.5, 0.6) is 0 Å². The summed E-state index contributed by atoms with van der Waals surface area (Å²) in [4.78, 5) is 29.4. The fourth-order valence-electron chi connectivity index (χ4n) is 4.39. The minimum atomic E-state index is -0.605. The zero-order valence-electron chi connectivity index (χ0n) is 16.6. The van der Waals surface area contributed by atoms with Crippen LogP contribution in [0.15, 0.2) is 36.5 Å². The molecule has 2 aromatic rings.